The zero-order chi connectivity index (χ0) is 9.42. The van der Waals surface area contributed by atoms with Crippen LogP contribution in [0.15, 0.2) is 24.3 Å². The van der Waals surface area contributed by atoms with Crippen LogP contribution in [-0.4, -0.2) is 4.57 Å². The number of nitriles is 1. The van der Waals surface area contributed by atoms with Crippen molar-refractivity contribution in [1.82, 2.24) is 4.57 Å². The molecule has 2 nitrogen and oxygen atoms in total. The number of benzene rings is 1. The van der Waals surface area contributed by atoms with Crippen molar-refractivity contribution >= 4 is 22.5 Å². The maximum absolute atomic E-state index is 8.80. The molecule has 1 aromatic heterocycles. The Morgan fingerprint density at radius 1 is 1.46 bits per heavy atom. The summed E-state index contributed by atoms with van der Waals surface area (Å²) >= 11 is 5.98. The Morgan fingerprint density at radius 2 is 2.23 bits per heavy atom. The van der Waals surface area contributed by atoms with Gasteiger partial charge in [-0.3, -0.25) is 0 Å². The second-order valence-corrected chi connectivity index (χ2v) is 3.28. The molecular formula is C10H7ClN2. The highest BCUT2D eigenvalue weighted by Crippen LogP contribution is 2.25. The van der Waals surface area contributed by atoms with Gasteiger partial charge in [-0.1, -0.05) is 17.7 Å². The molecule has 0 spiro atoms. The van der Waals surface area contributed by atoms with Gasteiger partial charge in [0.2, 0.25) is 0 Å². The third-order valence-corrected chi connectivity index (χ3v) is 2.48. The minimum absolute atomic E-state index is 0.628. The van der Waals surface area contributed by atoms with E-state index in [9.17, 15) is 0 Å². The predicted octanol–water partition coefficient (Wildman–Crippen LogP) is 2.70. The van der Waals surface area contributed by atoms with Crippen molar-refractivity contribution in [2.45, 2.75) is 0 Å². The molecule has 2 rings (SSSR count). The molecule has 64 valence electrons. The van der Waals surface area contributed by atoms with E-state index in [0.29, 0.717) is 10.7 Å². The van der Waals surface area contributed by atoms with Gasteiger partial charge in [0.1, 0.15) is 11.8 Å². The van der Waals surface area contributed by atoms with Crippen LogP contribution in [-0.2, 0) is 7.05 Å². The summed E-state index contributed by atoms with van der Waals surface area (Å²) in [5.41, 5.74) is 1.62. The molecule has 0 bridgehead atoms. The quantitative estimate of drug-likeness (QED) is 0.628. The van der Waals surface area contributed by atoms with Crippen LogP contribution < -0.4 is 0 Å². The van der Waals surface area contributed by atoms with Gasteiger partial charge in [-0.05, 0) is 18.2 Å². The molecule has 1 heterocycles. The van der Waals surface area contributed by atoms with Crippen molar-refractivity contribution in [3.05, 3.63) is 35.0 Å². The van der Waals surface area contributed by atoms with Crippen LogP contribution in [0, 0.1) is 11.3 Å². The molecule has 0 N–H and O–H groups in total. The molecule has 1 aromatic carbocycles. The number of aromatic nitrogens is 1. The van der Waals surface area contributed by atoms with E-state index in [1.807, 2.05) is 29.8 Å². The van der Waals surface area contributed by atoms with Gasteiger partial charge in [0, 0.05) is 17.5 Å². The van der Waals surface area contributed by atoms with Crippen molar-refractivity contribution < 1.29 is 0 Å². The van der Waals surface area contributed by atoms with Crippen LogP contribution in [0.1, 0.15) is 5.69 Å². The summed E-state index contributed by atoms with van der Waals surface area (Å²) in [7, 11) is 1.86. The summed E-state index contributed by atoms with van der Waals surface area (Å²) in [6, 6.07) is 9.57. The van der Waals surface area contributed by atoms with E-state index >= 15 is 0 Å². The van der Waals surface area contributed by atoms with Gasteiger partial charge < -0.3 is 4.57 Å². The number of halogens is 1. The zero-order valence-corrected chi connectivity index (χ0v) is 7.84. The van der Waals surface area contributed by atoms with Crippen LogP contribution in [0.4, 0.5) is 0 Å². The number of nitrogens with zero attached hydrogens (tertiary/aromatic N) is 2. The van der Waals surface area contributed by atoms with E-state index in [-0.39, 0.29) is 0 Å². The predicted molar refractivity (Wildman–Crippen MR) is 52.6 cm³/mol. The third-order valence-electron chi connectivity index (χ3n) is 2.15. The number of fused-ring (bicyclic) bond motifs is 1. The summed E-state index contributed by atoms with van der Waals surface area (Å²) in [5, 5.41) is 10.4. The molecule has 2 aromatic rings. The van der Waals surface area contributed by atoms with E-state index < -0.39 is 0 Å². The molecule has 0 saturated heterocycles. The lowest BCUT2D eigenvalue weighted by Gasteiger charge is -1.96. The highest BCUT2D eigenvalue weighted by atomic mass is 35.5. The van der Waals surface area contributed by atoms with E-state index in [1.165, 1.54) is 0 Å². The van der Waals surface area contributed by atoms with Gasteiger partial charge >= 0.3 is 0 Å². The minimum Gasteiger partial charge on any atom is -0.335 e. The first-order chi connectivity index (χ1) is 6.24. The fourth-order valence-electron chi connectivity index (χ4n) is 1.43. The van der Waals surface area contributed by atoms with Crippen molar-refractivity contribution in [3.8, 4) is 6.07 Å². The molecule has 0 radical (unpaired) electrons. The van der Waals surface area contributed by atoms with E-state index in [4.69, 9.17) is 16.9 Å². The van der Waals surface area contributed by atoms with Crippen LogP contribution in [0.3, 0.4) is 0 Å². The Bertz CT molecular complexity index is 505. The third kappa shape index (κ3) is 1.09. The van der Waals surface area contributed by atoms with Gasteiger partial charge in [0.25, 0.3) is 0 Å². The lowest BCUT2D eigenvalue weighted by molar-refractivity contribution is 0.947. The summed E-state index contributed by atoms with van der Waals surface area (Å²) in [4.78, 5) is 0. The second-order valence-electron chi connectivity index (χ2n) is 2.87. The lowest BCUT2D eigenvalue weighted by atomic mass is 10.2. The van der Waals surface area contributed by atoms with Gasteiger partial charge in [-0.15, -0.1) is 0 Å². The van der Waals surface area contributed by atoms with Crippen LogP contribution in [0.25, 0.3) is 10.9 Å². The largest absolute Gasteiger partial charge is 0.335 e. The second kappa shape index (κ2) is 2.79. The molecule has 0 aliphatic carbocycles. The number of hydrogen-bond donors (Lipinski definition) is 0. The average molecular weight is 191 g/mol. The Morgan fingerprint density at radius 3 is 2.85 bits per heavy atom. The molecule has 0 aliphatic rings. The van der Waals surface area contributed by atoms with E-state index in [0.717, 1.165) is 10.9 Å². The topological polar surface area (TPSA) is 28.7 Å². The summed E-state index contributed by atoms with van der Waals surface area (Å²) < 4.78 is 1.83. The van der Waals surface area contributed by atoms with Gasteiger partial charge in [0.15, 0.2) is 0 Å². The summed E-state index contributed by atoms with van der Waals surface area (Å²) in [5.74, 6) is 0. The standard InChI is InChI=1S/C10H7ClN2/c1-13-7(6-12)5-8-9(11)3-2-4-10(8)13/h2-5H,1H3. The molecule has 0 aliphatic heterocycles. The molecule has 13 heavy (non-hydrogen) atoms. The Labute approximate surface area is 81.0 Å². The minimum atomic E-state index is 0.628. The normalized spacial score (nSPS) is 10.2. The van der Waals surface area contributed by atoms with Gasteiger partial charge in [-0.2, -0.15) is 5.26 Å². The van der Waals surface area contributed by atoms with Crippen molar-refractivity contribution in [1.29, 1.82) is 5.26 Å². The SMILES string of the molecule is Cn1c(C#N)cc2c(Cl)cccc21. The molecule has 0 atom stereocenters. The summed E-state index contributed by atoms with van der Waals surface area (Å²) in [6.07, 6.45) is 0. The maximum atomic E-state index is 8.80. The smallest absolute Gasteiger partial charge is 0.121 e. The Hall–Kier alpha value is -1.46. The fourth-order valence-corrected chi connectivity index (χ4v) is 1.66. The van der Waals surface area contributed by atoms with Gasteiger partial charge in [0.05, 0.1) is 5.52 Å². The summed E-state index contributed by atoms with van der Waals surface area (Å²) in [6.45, 7) is 0. The number of rotatable bonds is 0. The van der Waals surface area contributed by atoms with Crippen molar-refractivity contribution in [2.24, 2.45) is 7.05 Å². The van der Waals surface area contributed by atoms with Crippen LogP contribution >= 0.6 is 11.6 Å². The Kier molecular flexibility index (Phi) is 1.75. The highest BCUT2D eigenvalue weighted by molar-refractivity contribution is 6.35. The Balaban J connectivity index is 2.94. The maximum Gasteiger partial charge on any atom is 0.121 e. The first-order valence-corrected chi connectivity index (χ1v) is 4.26. The van der Waals surface area contributed by atoms with Crippen LogP contribution in [0.2, 0.25) is 5.02 Å². The zero-order valence-electron chi connectivity index (χ0n) is 7.08. The first kappa shape index (κ1) is 8.15. The average Bonchev–Trinajstić information content (AvgIpc) is 2.45. The van der Waals surface area contributed by atoms with E-state index in [2.05, 4.69) is 6.07 Å². The van der Waals surface area contributed by atoms with E-state index in [1.54, 1.807) is 6.07 Å². The molecular weight excluding hydrogens is 184 g/mol. The van der Waals surface area contributed by atoms with Gasteiger partial charge in [-0.25, -0.2) is 0 Å². The fraction of sp³-hybridized carbons (Fsp3) is 0.100. The monoisotopic (exact) mass is 190 g/mol. The molecule has 0 fully saturated rings. The first-order valence-electron chi connectivity index (χ1n) is 3.88. The molecule has 0 unspecified atom stereocenters. The van der Waals surface area contributed by atoms with Crippen molar-refractivity contribution in [2.75, 3.05) is 0 Å². The molecule has 0 amide bonds. The molecule has 0 saturated carbocycles. The number of hydrogen-bond acceptors (Lipinski definition) is 1. The lowest BCUT2D eigenvalue weighted by Crippen LogP contribution is -1.89. The highest BCUT2D eigenvalue weighted by Gasteiger charge is 2.06. The van der Waals surface area contributed by atoms with Crippen LogP contribution in [0.5, 0.6) is 0 Å². The molecule has 3 heteroatoms. The number of aryl methyl sites for hydroxylation is 1. The van der Waals surface area contributed by atoms with Crippen molar-refractivity contribution in [3.63, 3.8) is 0 Å².